The quantitative estimate of drug-likeness (QED) is 0.372. The average molecular weight is 524 g/mol. The van der Waals surface area contributed by atoms with E-state index in [0.717, 1.165) is 11.3 Å². The van der Waals surface area contributed by atoms with E-state index < -0.39 is 11.9 Å². The fourth-order valence-electron chi connectivity index (χ4n) is 5.17. The van der Waals surface area contributed by atoms with Gasteiger partial charge in [-0.05, 0) is 54.7 Å². The number of hydrogen-bond donors (Lipinski definition) is 2. The van der Waals surface area contributed by atoms with Gasteiger partial charge in [0.25, 0.3) is 0 Å². The molecule has 2 aliphatic rings. The Morgan fingerprint density at radius 1 is 0.921 bits per heavy atom. The normalized spacial score (nSPS) is 19.0. The van der Waals surface area contributed by atoms with E-state index in [-0.39, 0.29) is 37.1 Å². The van der Waals surface area contributed by atoms with Gasteiger partial charge in [-0.1, -0.05) is 12.1 Å². The first-order chi connectivity index (χ1) is 18.3. The van der Waals surface area contributed by atoms with E-state index in [0.29, 0.717) is 46.1 Å². The maximum absolute atomic E-state index is 13.8. The van der Waals surface area contributed by atoms with Crippen molar-refractivity contribution >= 4 is 11.8 Å². The Labute approximate surface area is 222 Å². The molecule has 0 bridgehead atoms. The van der Waals surface area contributed by atoms with Crippen molar-refractivity contribution < 1.29 is 38.4 Å². The SMILES string of the molecule is COCCOC(=O)C1=C(C)NC2=C(C(=O)C[C@H](c3ccc(OC)c(OC)c3)C2)[C@H]1c1ccc(OC)c(O)c1. The van der Waals surface area contributed by atoms with E-state index in [1.54, 1.807) is 33.3 Å². The summed E-state index contributed by atoms with van der Waals surface area (Å²) in [7, 11) is 6.14. The summed E-state index contributed by atoms with van der Waals surface area (Å²) in [6.45, 7) is 2.12. The highest BCUT2D eigenvalue weighted by molar-refractivity contribution is 6.04. The predicted molar refractivity (Wildman–Crippen MR) is 140 cm³/mol. The van der Waals surface area contributed by atoms with Crippen molar-refractivity contribution in [3.63, 3.8) is 0 Å². The number of ether oxygens (including phenoxy) is 5. The Morgan fingerprint density at radius 3 is 2.26 bits per heavy atom. The number of hydrogen-bond acceptors (Lipinski definition) is 9. The Morgan fingerprint density at radius 2 is 1.61 bits per heavy atom. The molecule has 4 rings (SSSR count). The number of dihydropyridines is 1. The molecule has 0 amide bonds. The van der Waals surface area contributed by atoms with Crippen LogP contribution < -0.4 is 19.5 Å². The fraction of sp³-hybridized carbons (Fsp3) is 0.379. The van der Waals surface area contributed by atoms with Crippen molar-refractivity contribution in [1.29, 1.82) is 0 Å². The second-order valence-corrected chi connectivity index (χ2v) is 9.19. The third-order valence-corrected chi connectivity index (χ3v) is 6.98. The summed E-state index contributed by atoms with van der Waals surface area (Å²) in [5, 5.41) is 13.8. The van der Waals surface area contributed by atoms with Crippen molar-refractivity contribution in [3.05, 3.63) is 70.1 Å². The molecule has 0 fully saturated rings. The largest absolute Gasteiger partial charge is 0.504 e. The molecule has 9 nitrogen and oxygen atoms in total. The number of methoxy groups -OCH3 is 4. The molecule has 0 spiro atoms. The highest BCUT2D eigenvalue weighted by atomic mass is 16.6. The molecule has 2 atom stereocenters. The highest BCUT2D eigenvalue weighted by Gasteiger charge is 2.41. The lowest BCUT2D eigenvalue weighted by Crippen LogP contribution is -2.36. The minimum atomic E-state index is -0.711. The van der Waals surface area contributed by atoms with E-state index in [1.807, 2.05) is 18.2 Å². The highest BCUT2D eigenvalue weighted by Crippen LogP contribution is 2.47. The van der Waals surface area contributed by atoms with Gasteiger partial charge in [0.2, 0.25) is 0 Å². The molecule has 202 valence electrons. The molecule has 2 aromatic carbocycles. The van der Waals surface area contributed by atoms with Gasteiger partial charge in [0.15, 0.2) is 28.8 Å². The predicted octanol–water partition coefficient (Wildman–Crippen LogP) is 3.97. The number of phenols is 1. The number of Topliss-reactive ketones (excluding diaryl/α,β-unsaturated/α-hetero) is 1. The van der Waals surface area contributed by atoms with Gasteiger partial charge < -0.3 is 34.1 Å². The van der Waals surface area contributed by atoms with Gasteiger partial charge in [-0.25, -0.2) is 4.79 Å². The van der Waals surface area contributed by atoms with Crippen LogP contribution in [0.2, 0.25) is 0 Å². The summed E-state index contributed by atoms with van der Waals surface area (Å²) in [5.41, 5.74) is 3.69. The third-order valence-electron chi connectivity index (χ3n) is 6.98. The van der Waals surface area contributed by atoms with E-state index in [2.05, 4.69) is 5.32 Å². The van der Waals surface area contributed by atoms with Crippen LogP contribution in [0.25, 0.3) is 0 Å². The Bertz CT molecular complexity index is 1300. The Kier molecular flexibility index (Phi) is 8.26. The molecule has 2 N–H and O–H groups in total. The van der Waals surface area contributed by atoms with Gasteiger partial charge in [-0.15, -0.1) is 0 Å². The summed E-state index contributed by atoms with van der Waals surface area (Å²) in [6, 6.07) is 10.6. The number of carbonyl (C=O) groups excluding carboxylic acids is 2. The van der Waals surface area contributed by atoms with E-state index in [1.165, 1.54) is 20.3 Å². The smallest absolute Gasteiger partial charge is 0.336 e. The molecule has 2 aromatic rings. The number of allylic oxidation sites excluding steroid dienone is 3. The molecule has 0 saturated heterocycles. The monoisotopic (exact) mass is 523 g/mol. The first-order valence-electron chi connectivity index (χ1n) is 12.3. The lowest BCUT2D eigenvalue weighted by atomic mass is 9.71. The molecule has 38 heavy (non-hydrogen) atoms. The van der Waals surface area contributed by atoms with Crippen LogP contribution in [0.1, 0.15) is 42.7 Å². The standard InChI is InChI=1S/C29H33NO8/c1-16-26(29(33)38-11-10-34-2)27(18-7-8-23(35-3)21(31)13-18)28-20(30-16)12-19(14-22(28)32)17-6-9-24(36-4)25(15-17)37-5/h6-9,13,15,19,27,30-31H,10-12,14H2,1-5H3/t19-,27+/m1/s1. The molecule has 1 aliphatic carbocycles. The first-order valence-corrected chi connectivity index (χ1v) is 12.3. The topological polar surface area (TPSA) is 113 Å². The molecule has 0 radical (unpaired) electrons. The van der Waals surface area contributed by atoms with Gasteiger partial charge in [-0.3, -0.25) is 4.79 Å². The van der Waals surface area contributed by atoms with Gasteiger partial charge in [0, 0.05) is 36.4 Å². The summed E-state index contributed by atoms with van der Waals surface area (Å²) in [5.74, 6) is -0.0191. The van der Waals surface area contributed by atoms with Crippen LogP contribution in [0, 0.1) is 0 Å². The third kappa shape index (κ3) is 5.19. The lowest BCUT2D eigenvalue weighted by molar-refractivity contribution is -0.140. The number of phenolic OH excluding ortho intramolecular Hbond substituents is 1. The van der Waals surface area contributed by atoms with Crippen LogP contribution in [0.3, 0.4) is 0 Å². The minimum Gasteiger partial charge on any atom is -0.504 e. The van der Waals surface area contributed by atoms with Crippen molar-refractivity contribution in [2.45, 2.75) is 31.6 Å². The van der Waals surface area contributed by atoms with Crippen molar-refractivity contribution in [1.82, 2.24) is 5.32 Å². The molecule has 0 unspecified atom stereocenters. The van der Waals surface area contributed by atoms with E-state index >= 15 is 0 Å². The van der Waals surface area contributed by atoms with Crippen LogP contribution in [0.5, 0.6) is 23.0 Å². The number of benzene rings is 2. The van der Waals surface area contributed by atoms with Crippen LogP contribution in [-0.4, -0.2) is 58.5 Å². The number of rotatable bonds is 9. The maximum Gasteiger partial charge on any atom is 0.336 e. The number of esters is 1. The molecular weight excluding hydrogens is 490 g/mol. The summed E-state index contributed by atoms with van der Waals surface area (Å²) < 4.78 is 26.5. The van der Waals surface area contributed by atoms with Crippen molar-refractivity contribution in [3.8, 4) is 23.0 Å². The number of ketones is 1. The first kappa shape index (κ1) is 27.1. The van der Waals surface area contributed by atoms with E-state index in [4.69, 9.17) is 23.7 Å². The van der Waals surface area contributed by atoms with Gasteiger partial charge in [-0.2, -0.15) is 0 Å². The zero-order chi connectivity index (χ0) is 27.4. The minimum absolute atomic E-state index is 0.0773. The van der Waals surface area contributed by atoms with Crippen molar-refractivity contribution in [2.24, 2.45) is 0 Å². The van der Waals surface area contributed by atoms with Crippen LogP contribution in [0.4, 0.5) is 0 Å². The molecule has 1 aliphatic heterocycles. The van der Waals surface area contributed by atoms with Crippen molar-refractivity contribution in [2.75, 3.05) is 41.7 Å². The fourth-order valence-corrected chi connectivity index (χ4v) is 5.17. The van der Waals surface area contributed by atoms with Gasteiger partial charge in [0.1, 0.15) is 6.61 Å². The van der Waals surface area contributed by atoms with E-state index in [9.17, 15) is 14.7 Å². The average Bonchev–Trinajstić information content (AvgIpc) is 2.91. The molecule has 0 saturated carbocycles. The maximum atomic E-state index is 13.8. The number of aromatic hydroxyl groups is 1. The second kappa shape index (κ2) is 11.6. The Balaban J connectivity index is 1.76. The van der Waals surface area contributed by atoms with Crippen LogP contribution >= 0.6 is 0 Å². The molecule has 1 heterocycles. The van der Waals surface area contributed by atoms with Crippen LogP contribution in [0.15, 0.2) is 58.9 Å². The van der Waals surface area contributed by atoms with Crippen LogP contribution in [-0.2, 0) is 19.1 Å². The summed E-state index contributed by atoms with van der Waals surface area (Å²) in [4.78, 5) is 27.0. The lowest BCUT2D eigenvalue weighted by Gasteiger charge is -2.36. The second-order valence-electron chi connectivity index (χ2n) is 9.19. The zero-order valence-electron chi connectivity index (χ0n) is 22.3. The van der Waals surface area contributed by atoms with Gasteiger partial charge in [0.05, 0.1) is 33.5 Å². The molecular formula is C29H33NO8. The number of carbonyl (C=O) groups is 2. The Hall–Kier alpha value is -3.98. The zero-order valence-corrected chi connectivity index (χ0v) is 22.3. The molecule has 0 aromatic heterocycles. The summed E-state index contributed by atoms with van der Waals surface area (Å²) in [6.07, 6.45) is 0.804. The summed E-state index contributed by atoms with van der Waals surface area (Å²) >= 11 is 0. The number of nitrogens with one attached hydrogen (secondary N) is 1. The molecule has 9 heteroatoms. The van der Waals surface area contributed by atoms with Gasteiger partial charge >= 0.3 is 5.97 Å².